The van der Waals surface area contributed by atoms with Gasteiger partial charge in [-0.3, -0.25) is 4.79 Å². The summed E-state index contributed by atoms with van der Waals surface area (Å²) in [6.07, 6.45) is -1.17. The molecule has 2 atom stereocenters. The number of rotatable bonds is 4. The van der Waals surface area contributed by atoms with Gasteiger partial charge in [-0.05, 0) is 20.8 Å². The van der Waals surface area contributed by atoms with Gasteiger partial charge in [0.15, 0.2) is 0 Å². The van der Waals surface area contributed by atoms with E-state index in [0.717, 1.165) is 0 Å². The standard InChI is InChI=1S/C8H17NO4/c1-8(2,3)13-4-5(10)6(9)7(11)12/h5-6,10H,4,9H2,1-3H3,(H,11,12). The smallest absolute Gasteiger partial charge is 0.323 e. The number of aliphatic hydroxyl groups is 1. The summed E-state index contributed by atoms with van der Waals surface area (Å²) in [6.45, 7) is 5.36. The lowest BCUT2D eigenvalue weighted by Gasteiger charge is -2.23. The first-order valence-electron chi connectivity index (χ1n) is 4.04. The molecule has 0 aliphatic carbocycles. The summed E-state index contributed by atoms with van der Waals surface area (Å²) in [5.74, 6) is -1.23. The first kappa shape index (κ1) is 12.3. The fourth-order valence-electron chi connectivity index (χ4n) is 0.604. The van der Waals surface area contributed by atoms with Crippen LogP contribution in [-0.2, 0) is 9.53 Å². The molecular formula is C8H17NO4. The van der Waals surface area contributed by atoms with Gasteiger partial charge in [-0.25, -0.2) is 0 Å². The van der Waals surface area contributed by atoms with E-state index in [1.54, 1.807) is 0 Å². The third kappa shape index (κ3) is 5.57. The highest BCUT2D eigenvalue weighted by Crippen LogP contribution is 2.07. The molecule has 0 aliphatic heterocycles. The second-order valence-corrected chi connectivity index (χ2v) is 3.85. The second kappa shape index (κ2) is 4.55. The van der Waals surface area contributed by atoms with Crippen molar-refractivity contribution in [2.75, 3.05) is 6.61 Å². The van der Waals surface area contributed by atoms with Crippen LogP contribution < -0.4 is 5.73 Å². The molecule has 2 unspecified atom stereocenters. The van der Waals surface area contributed by atoms with E-state index >= 15 is 0 Å². The molecule has 0 aromatic heterocycles. The van der Waals surface area contributed by atoms with E-state index in [2.05, 4.69) is 0 Å². The minimum Gasteiger partial charge on any atom is -0.480 e. The number of carboxylic acid groups (broad SMARTS) is 1. The van der Waals surface area contributed by atoms with E-state index in [9.17, 15) is 9.90 Å². The van der Waals surface area contributed by atoms with Crippen LogP contribution >= 0.6 is 0 Å². The largest absolute Gasteiger partial charge is 0.480 e. The minimum atomic E-state index is -1.29. The fourth-order valence-corrected chi connectivity index (χ4v) is 0.604. The Morgan fingerprint density at radius 3 is 2.31 bits per heavy atom. The van der Waals surface area contributed by atoms with Crippen LogP contribution in [0.25, 0.3) is 0 Å². The first-order chi connectivity index (χ1) is 5.74. The Bertz CT molecular complexity index is 175. The van der Waals surface area contributed by atoms with E-state index < -0.39 is 23.7 Å². The number of ether oxygens (including phenoxy) is 1. The molecule has 5 heteroatoms. The van der Waals surface area contributed by atoms with Crippen LogP contribution in [0.4, 0.5) is 0 Å². The maximum atomic E-state index is 10.3. The number of aliphatic carboxylic acids is 1. The second-order valence-electron chi connectivity index (χ2n) is 3.85. The van der Waals surface area contributed by atoms with Crippen LogP contribution in [0, 0.1) is 0 Å². The van der Waals surface area contributed by atoms with Crippen molar-refractivity contribution in [1.29, 1.82) is 0 Å². The van der Waals surface area contributed by atoms with Crippen molar-refractivity contribution in [3.8, 4) is 0 Å². The van der Waals surface area contributed by atoms with Gasteiger partial charge in [0.05, 0.1) is 12.2 Å². The Balaban J connectivity index is 3.88. The molecule has 0 bridgehead atoms. The Kier molecular flexibility index (Phi) is 4.32. The number of hydrogen-bond acceptors (Lipinski definition) is 4. The summed E-state index contributed by atoms with van der Waals surface area (Å²) < 4.78 is 5.17. The normalized spacial score (nSPS) is 16.7. The molecule has 0 aromatic rings. The highest BCUT2D eigenvalue weighted by molar-refractivity contribution is 5.73. The highest BCUT2D eigenvalue weighted by atomic mass is 16.5. The van der Waals surface area contributed by atoms with Crippen molar-refractivity contribution in [1.82, 2.24) is 0 Å². The summed E-state index contributed by atoms with van der Waals surface area (Å²) in [5, 5.41) is 17.7. The van der Waals surface area contributed by atoms with E-state index in [-0.39, 0.29) is 6.61 Å². The molecule has 0 saturated carbocycles. The number of carbonyl (C=O) groups is 1. The van der Waals surface area contributed by atoms with Gasteiger partial charge < -0.3 is 20.7 Å². The minimum absolute atomic E-state index is 0.0725. The van der Waals surface area contributed by atoms with E-state index in [1.165, 1.54) is 0 Å². The van der Waals surface area contributed by atoms with Gasteiger partial charge in [-0.15, -0.1) is 0 Å². The molecule has 13 heavy (non-hydrogen) atoms. The summed E-state index contributed by atoms with van der Waals surface area (Å²) in [5.41, 5.74) is 4.76. The van der Waals surface area contributed by atoms with Crippen LogP contribution in [0.2, 0.25) is 0 Å². The zero-order valence-corrected chi connectivity index (χ0v) is 8.15. The molecule has 5 nitrogen and oxygen atoms in total. The van der Waals surface area contributed by atoms with Crippen molar-refractivity contribution < 1.29 is 19.7 Å². The Morgan fingerprint density at radius 2 is 2.00 bits per heavy atom. The molecule has 78 valence electrons. The van der Waals surface area contributed by atoms with Crippen LogP contribution in [0.5, 0.6) is 0 Å². The van der Waals surface area contributed by atoms with Crippen molar-refractivity contribution in [2.45, 2.75) is 38.5 Å². The monoisotopic (exact) mass is 191 g/mol. The Hall–Kier alpha value is -0.650. The lowest BCUT2D eigenvalue weighted by Crippen LogP contribution is -2.45. The molecule has 0 spiro atoms. The van der Waals surface area contributed by atoms with Gasteiger partial charge in [-0.1, -0.05) is 0 Å². The van der Waals surface area contributed by atoms with E-state index in [1.807, 2.05) is 20.8 Å². The summed E-state index contributed by atoms with van der Waals surface area (Å²) in [6, 6.07) is -1.29. The summed E-state index contributed by atoms with van der Waals surface area (Å²) in [4.78, 5) is 10.3. The molecule has 0 rings (SSSR count). The summed E-state index contributed by atoms with van der Waals surface area (Å²) in [7, 11) is 0. The molecule has 0 fully saturated rings. The fraction of sp³-hybridized carbons (Fsp3) is 0.875. The van der Waals surface area contributed by atoms with Gasteiger partial charge in [0.25, 0.3) is 0 Å². The number of nitrogens with two attached hydrogens (primary N) is 1. The first-order valence-corrected chi connectivity index (χ1v) is 4.04. The predicted molar refractivity (Wildman–Crippen MR) is 47.3 cm³/mol. The third-order valence-electron chi connectivity index (χ3n) is 1.39. The van der Waals surface area contributed by atoms with Crippen LogP contribution in [0.15, 0.2) is 0 Å². The van der Waals surface area contributed by atoms with Gasteiger partial charge >= 0.3 is 5.97 Å². The van der Waals surface area contributed by atoms with E-state index in [0.29, 0.717) is 0 Å². The van der Waals surface area contributed by atoms with Gasteiger partial charge in [0.1, 0.15) is 12.1 Å². The van der Waals surface area contributed by atoms with Crippen LogP contribution in [-0.4, -0.2) is 40.5 Å². The zero-order valence-electron chi connectivity index (χ0n) is 8.15. The topological polar surface area (TPSA) is 92.8 Å². The highest BCUT2D eigenvalue weighted by Gasteiger charge is 2.23. The molecule has 0 amide bonds. The molecule has 0 saturated heterocycles. The lowest BCUT2D eigenvalue weighted by atomic mass is 10.1. The molecule has 0 aromatic carbocycles. The van der Waals surface area contributed by atoms with Crippen molar-refractivity contribution in [3.05, 3.63) is 0 Å². The average Bonchev–Trinajstić information content (AvgIpc) is 1.97. The number of aliphatic hydroxyl groups excluding tert-OH is 1. The quantitative estimate of drug-likeness (QED) is 0.561. The number of hydrogen-bond donors (Lipinski definition) is 3. The van der Waals surface area contributed by atoms with Crippen LogP contribution in [0.1, 0.15) is 20.8 Å². The van der Waals surface area contributed by atoms with Gasteiger partial charge in [-0.2, -0.15) is 0 Å². The van der Waals surface area contributed by atoms with Crippen molar-refractivity contribution in [3.63, 3.8) is 0 Å². The summed E-state index contributed by atoms with van der Waals surface area (Å²) >= 11 is 0. The SMILES string of the molecule is CC(C)(C)OCC(O)C(N)C(=O)O. The Morgan fingerprint density at radius 1 is 1.54 bits per heavy atom. The lowest BCUT2D eigenvalue weighted by molar-refractivity contribution is -0.143. The van der Waals surface area contributed by atoms with Gasteiger partial charge in [0, 0.05) is 0 Å². The Labute approximate surface area is 77.5 Å². The maximum Gasteiger partial charge on any atom is 0.323 e. The predicted octanol–water partition coefficient (Wildman–Crippen LogP) is -0.426. The third-order valence-corrected chi connectivity index (χ3v) is 1.39. The number of carboxylic acids is 1. The molecule has 0 heterocycles. The maximum absolute atomic E-state index is 10.3. The molecule has 0 radical (unpaired) electrons. The van der Waals surface area contributed by atoms with E-state index in [4.69, 9.17) is 15.6 Å². The van der Waals surface area contributed by atoms with Gasteiger partial charge in [0.2, 0.25) is 0 Å². The molecule has 0 aliphatic rings. The van der Waals surface area contributed by atoms with Crippen LogP contribution in [0.3, 0.4) is 0 Å². The molecule has 4 N–H and O–H groups in total. The van der Waals surface area contributed by atoms with Crippen molar-refractivity contribution >= 4 is 5.97 Å². The average molecular weight is 191 g/mol. The molecular weight excluding hydrogens is 174 g/mol. The van der Waals surface area contributed by atoms with Crippen molar-refractivity contribution in [2.24, 2.45) is 5.73 Å². The zero-order chi connectivity index (χ0) is 10.6.